The second-order valence-electron chi connectivity index (χ2n) is 4.16. The van der Waals surface area contributed by atoms with E-state index in [4.69, 9.17) is 5.11 Å². The first-order chi connectivity index (χ1) is 9.08. The number of nitrogens with one attached hydrogen (secondary N) is 1. The zero-order valence-corrected chi connectivity index (χ0v) is 11.9. The number of nitrogens with zero attached hydrogens (tertiary/aromatic N) is 1. The molecular formula is C14H13BrN2O2. The molecule has 0 amide bonds. The van der Waals surface area contributed by atoms with Crippen molar-refractivity contribution in [3.05, 3.63) is 57.8 Å². The zero-order valence-electron chi connectivity index (χ0n) is 10.4. The Labute approximate surface area is 119 Å². The minimum Gasteiger partial charge on any atom is -0.478 e. The van der Waals surface area contributed by atoms with Crippen molar-refractivity contribution in [2.45, 2.75) is 13.5 Å². The van der Waals surface area contributed by atoms with Crippen LogP contribution in [0.25, 0.3) is 0 Å². The highest BCUT2D eigenvalue weighted by Crippen LogP contribution is 2.22. The first kappa shape index (κ1) is 13.5. The Bertz CT molecular complexity index is 614. The van der Waals surface area contributed by atoms with Crippen molar-refractivity contribution < 1.29 is 9.90 Å². The molecule has 0 saturated carbocycles. The predicted molar refractivity (Wildman–Crippen MR) is 77.4 cm³/mol. The first-order valence-electron chi connectivity index (χ1n) is 5.74. The number of anilines is 1. The minimum absolute atomic E-state index is 0.255. The van der Waals surface area contributed by atoms with E-state index in [0.717, 1.165) is 16.8 Å². The number of halogens is 1. The smallest absolute Gasteiger partial charge is 0.336 e. The number of pyridine rings is 1. The van der Waals surface area contributed by atoms with Gasteiger partial charge in [0.2, 0.25) is 0 Å². The van der Waals surface area contributed by atoms with E-state index in [-0.39, 0.29) is 5.56 Å². The van der Waals surface area contributed by atoms with Gasteiger partial charge in [0.15, 0.2) is 0 Å². The van der Waals surface area contributed by atoms with Gasteiger partial charge in [0, 0.05) is 29.1 Å². The van der Waals surface area contributed by atoms with Crippen molar-refractivity contribution in [2.75, 3.05) is 5.32 Å². The van der Waals surface area contributed by atoms with Crippen molar-refractivity contribution in [1.29, 1.82) is 0 Å². The number of aromatic nitrogens is 1. The van der Waals surface area contributed by atoms with Crippen LogP contribution in [-0.2, 0) is 6.54 Å². The fourth-order valence-corrected chi connectivity index (χ4v) is 2.24. The Hall–Kier alpha value is -1.88. The van der Waals surface area contributed by atoms with Gasteiger partial charge in [-0.05, 0) is 58.2 Å². The van der Waals surface area contributed by atoms with Gasteiger partial charge in [0.25, 0.3) is 0 Å². The highest BCUT2D eigenvalue weighted by molar-refractivity contribution is 9.10. The molecule has 0 radical (unpaired) electrons. The van der Waals surface area contributed by atoms with Crippen LogP contribution in [-0.4, -0.2) is 16.1 Å². The lowest BCUT2D eigenvalue weighted by Crippen LogP contribution is -2.03. The Balaban J connectivity index is 2.11. The number of carboxylic acids is 1. The molecule has 2 rings (SSSR count). The summed E-state index contributed by atoms with van der Waals surface area (Å²) in [6, 6.07) is 7.06. The summed E-state index contributed by atoms with van der Waals surface area (Å²) in [6.45, 7) is 2.68. The maximum Gasteiger partial charge on any atom is 0.336 e. The third-order valence-electron chi connectivity index (χ3n) is 2.82. The fraction of sp³-hybridized carbons (Fsp3) is 0.143. The summed E-state index contributed by atoms with van der Waals surface area (Å²) in [5, 5.41) is 12.2. The summed E-state index contributed by atoms with van der Waals surface area (Å²) in [4.78, 5) is 14.9. The van der Waals surface area contributed by atoms with Gasteiger partial charge >= 0.3 is 5.97 Å². The van der Waals surface area contributed by atoms with Crippen molar-refractivity contribution in [1.82, 2.24) is 4.98 Å². The Morgan fingerprint density at radius 3 is 2.84 bits per heavy atom. The number of rotatable bonds is 4. The zero-order chi connectivity index (χ0) is 13.8. The molecule has 0 aliphatic carbocycles. The van der Waals surface area contributed by atoms with Gasteiger partial charge in [-0.2, -0.15) is 0 Å². The van der Waals surface area contributed by atoms with Gasteiger partial charge in [-0.3, -0.25) is 4.98 Å². The SMILES string of the molecule is Cc1cnccc1CNc1ccc(C(=O)O)c(Br)c1. The number of aryl methyl sites for hydroxylation is 1. The quantitative estimate of drug-likeness (QED) is 0.905. The van der Waals surface area contributed by atoms with Gasteiger partial charge in [-0.25, -0.2) is 4.79 Å². The molecule has 2 aromatic rings. The minimum atomic E-state index is -0.941. The summed E-state index contributed by atoms with van der Waals surface area (Å²) in [5.74, 6) is -0.941. The van der Waals surface area contributed by atoms with Gasteiger partial charge < -0.3 is 10.4 Å². The third kappa shape index (κ3) is 3.32. The summed E-state index contributed by atoms with van der Waals surface area (Å²) in [7, 11) is 0. The number of hydrogen-bond donors (Lipinski definition) is 2. The lowest BCUT2D eigenvalue weighted by molar-refractivity contribution is 0.0696. The highest BCUT2D eigenvalue weighted by Gasteiger charge is 2.08. The Morgan fingerprint density at radius 1 is 1.42 bits per heavy atom. The van der Waals surface area contributed by atoms with E-state index in [1.807, 2.05) is 19.2 Å². The molecule has 2 N–H and O–H groups in total. The summed E-state index contributed by atoms with van der Waals surface area (Å²) in [6.07, 6.45) is 3.58. The van der Waals surface area contributed by atoms with Gasteiger partial charge in [-0.15, -0.1) is 0 Å². The summed E-state index contributed by atoms with van der Waals surface area (Å²) < 4.78 is 0.566. The van der Waals surface area contributed by atoms with Crippen LogP contribution in [0.2, 0.25) is 0 Å². The normalized spacial score (nSPS) is 10.2. The molecule has 0 fully saturated rings. The van der Waals surface area contributed by atoms with E-state index in [1.54, 1.807) is 24.4 Å². The number of benzene rings is 1. The van der Waals surface area contributed by atoms with E-state index in [2.05, 4.69) is 26.2 Å². The highest BCUT2D eigenvalue weighted by atomic mass is 79.9. The van der Waals surface area contributed by atoms with E-state index < -0.39 is 5.97 Å². The van der Waals surface area contributed by atoms with Gasteiger partial charge in [-0.1, -0.05) is 0 Å². The molecule has 0 spiro atoms. The predicted octanol–water partition coefficient (Wildman–Crippen LogP) is 3.46. The molecule has 98 valence electrons. The number of carboxylic acid groups (broad SMARTS) is 1. The molecule has 0 bridgehead atoms. The molecule has 0 atom stereocenters. The average Bonchev–Trinajstić information content (AvgIpc) is 2.37. The van der Waals surface area contributed by atoms with Gasteiger partial charge in [0.1, 0.15) is 0 Å². The van der Waals surface area contributed by atoms with Crippen LogP contribution in [0.1, 0.15) is 21.5 Å². The van der Waals surface area contributed by atoms with Crippen molar-refractivity contribution in [2.24, 2.45) is 0 Å². The number of hydrogen-bond acceptors (Lipinski definition) is 3. The molecule has 0 unspecified atom stereocenters. The molecule has 0 saturated heterocycles. The topological polar surface area (TPSA) is 62.2 Å². The fourth-order valence-electron chi connectivity index (χ4n) is 1.70. The van der Waals surface area contributed by atoms with E-state index in [9.17, 15) is 4.79 Å². The van der Waals surface area contributed by atoms with E-state index in [1.165, 1.54) is 0 Å². The van der Waals surface area contributed by atoms with Crippen LogP contribution in [0, 0.1) is 6.92 Å². The maximum absolute atomic E-state index is 10.9. The van der Waals surface area contributed by atoms with Crippen LogP contribution in [0.5, 0.6) is 0 Å². The van der Waals surface area contributed by atoms with Crippen LogP contribution in [0.15, 0.2) is 41.1 Å². The lowest BCUT2D eigenvalue weighted by Gasteiger charge is -2.09. The van der Waals surface area contributed by atoms with Crippen molar-refractivity contribution >= 4 is 27.6 Å². The molecule has 0 aliphatic rings. The molecule has 4 nitrogen and oxygen atoms in total. The van der Waals surface area contributed by atoms with E-state index in [0.29, 0.717) is 11.0 Å². The maximum atomic E-state index is 10.9. The number of aromatic carboxylic acids is 1. The molecule has 5 heteroatoms. The Kier molecular flexibility index (Phi) is 4.16. The number of carbonyl (C=O) groups is 1. The third-order valence-corrected chi connectivity index (χ3v) is 3.48. The molecule has 1 aromatic heterocycles. The van der Waals surface area contributed by atoms with Crippen LogP contribution < -0.4 is 5.32 Å². The van der Waals surface area contributed by atoms with Crippen molar-refractivity contribution in [3.8, 4) is 0 Å². The largest absolute Gasteiger partial charge is 0.478 e. The van der Waals surface area contributed by atoms with E-state index >= 15 is 0 Å². The van der Waals surface area contributed by atoms with Crippen molar-refractivity contribution in [3.63, 3.8) is 0 Å². The molecular weight excluding hydrogens is 308 g/mol. The average molecular weight is 321 g/mol. The summed E-state index contributed by atoms with van der Waals surface area (Å²) >= 11 is 3.26. The summed E-state index contributed by atoms with van der Waals surface area (Å²) in [5.41, 5.74) is 3.41. The van der Waals surface area contributed by atoms with Gasteiger partial charge in [0.05, 0.1) is 5.56 Å². The molecule has 1 heterocycles. The monoisotopic (exact) mass is 320 g/mol. The Morgan fingerprint density at radius 2 is 2.21 bits per heavy atom. The van der Waals surface area contributed by atoms with Crippen LogP contribution in [0.3, 0.4) is 0 Å². The second-order valence-corrected chi connectivity index (χ2v) is 5.01. The molecule has 19 heavy (non-hydrogen) atoms. The lowest BCUT2D eigenvalue weighted by atomic mass is 10.1. The standard InChI is InChI=1S/C14H13BrN2O2/c1-9-7-16-5-4-10(9)8-17-11-2-3-12(14(18)19)13(15)6-11/h2-7,17H,8H2,1H3,(H,18,19). The first-order valence-corrected chi connectivity index (χ1v) is 6.53. The second kappa shape index (κ2) is 5.84. The van der Waals surface area contributed by atoms with Crippen LogP contribution >= 0.6 is 15.9 Å². The molecule has 0 aliphatic heterocycles. The van der Waals surface area contributed by atoms with Crippen LogP contribution in [0.4, 0.5) is 5.69 Å². The molecule has 1 aromatic carbocycles.